The topological polar surface area (TPSA) is 64.0 Å². The van der Waals surface area contributed by atoms with Crippen molar-refractivity contribution in [3.8, 4) is 0 Å². The van der Waals surface area contributed by atoms with Crippen molar-refractivity contribution in [3.63, 3.8) is 0 Å². The van der Waals surface area contributed by atoms with Gasteiger partial charge in [-0.05, 0) is 0 Å². The fourth-order valence-electron chi connectivity index (χ4n) is 0.872. The molecular weight excluding hydrogens is 170 g/mol. The van der Waals surface area contributed by atoms with E-state index in [0.717, 1.165) is 0 Å². The lowest BCUT2D eigenvalue weighted by molar-refractivity contribution is -0.118. The van der Waals surface area contributed by atoms with Crippen molar-refractivity contribution in [2.75, 3.05) is 6.54 Å². The van der Waals surface area contributed by atoms with Gasteiger partial charge in [0.05, 0.1) is 18.3 Å². The third-order valence-electron chi connectivity index (χ3n) is 1.52. The Bertz CT molecular complexity index is 330. The SMILES string of the molecule is CC(=O)NCC(=O)c1cnn(C)c1. The summed E-state index contributed by atoms with van der Waals surface area (Å²) < 4.78 is 1.54. The summed E-state index contributed by atoms with van der Waals surface area (Å²) in [6.07, 6.45) is 3.09. The third-order valence-corrected chi connectivity index (χ3v) is 1.52. The molecule has 0 fully saturated rings. The summed E-state index contributed by atoms with van der Waals surface area (Å²) in [4.78, 5) is 21.8. The number of aryl methyl sites for hydroxylation is 1. The van der Waals surface area contributed by atoms with Crippen molar-refractivity contribution in [1.82, 2.24) is 15.1 Å². The van der Waals surface area contributed by atoms with Crippen LogP contribution in [0.15, 0.2) is 12.4 Å². The summed E-state index contributed by atoms with van der Waals surface area (Å²) in [5.41, 5.74) is 0.510. The Morgan fingerprint density at radius 2 is 2.31 bits per heavy atom. The summed E-state index contributed by atoms with van der Waals surface area (Å²) in [6.45, 7) is 1.40. The zero-order chi connectivity index (χ0) is 9.84. The predicted molar refractivity (Wildman–Crippen MR) is 46.2 cm³/mol. The van der Waals surface area contributed by atoms with Crippen LogP contribution in [-0.2, 0) is 11.8 Å². The first-order valence-corrected chi connectivity index (χ1v) is 3.86. The number of carbonyl (C=O) groups is 2. The number of rotatable bonds is 3. The van der Waals surface area contributed by atoms with Gasteiger partial charge in [0.25, 0.3) is 0 Å². The molecule has 1 amide bonds. The van der Waals surface area contributed by atoms with Crippen molar-refractivity contribution in [2.24, 2.45) is 7.05 Å². The first kappa shape index (κ1) is 9.44. The van der Waals surface area contributed by atoms with E-state index in [4.69, 9.17) is 0 Å². The molecule has 1 rings (SSSR count). The summed E-state index contributed by atoms with van der Waals surface area (Å²) in [5, 5.41) is 6.28. The molecule has 1 heterocycles. The molecule has 0 bridgehead atoms. The van der Waals surface area contributed by atoms with E-state index in [0.29, 0.717) is 5.56 Å². The molecule has 1 aromatic rings. The van der Waals surface area contributed by atoms with Gasteiger partial charge in [-0.25, -0.2) is 0 Å². The summed E-state index contributed by atoms with van der Waals surface area (Å²) in [5.74, 6) is -0.347. The monoisotopic (exact) mass is 181 g/mol. The molecule has 0 unspecified atom stereocenters. The number of carbonyl (C=O) groups excluding carboxylic acids is 2. The highest BCUT2D eigenvalue weighted by atomic mass is 16.2. The maximum atomic E-state index is 11.3. The Morgan fingerprint density at radius 3 is 2.77 bits per heavy atom. The van der Waals surface area contributed by atoms with Gasteiger partial charge in [-0.15, -0.1) is 0 Å². The lowest BCUT2D eigenvalue weighted by Crippen LogP contribution is -2.26. The van der Waals surface area contributed by atoms with E-state index >= 15 is 0 Å². The number of amides is 1. The zero-order valence-electron chi connectivity index (χ0n) is 7.57. The van der Waals surface area contributed by atoms with Crippen LogP contribution >= 0.6 is 0 Å². The molecule has 0 saturated carbocycles. The smallest absolute Gasteiger partial charge is 0.217 e. The van der Waals surface area contributed by atoms with E-state index in [9.17, 15) is 9.59 Å². The molecule has 13 heavy (non-hydrogen) atoms. The normalized spacial score (nSPS) is 9.69. The maximum Gasteiger partial charge on any atom is 0.217 e. The van der Waals surface area contributed by atoms with Gasteiger partial charge in [-0.2, -0.15) is 5.10 Å². The average molecular weight is 181 g/mol. The Hall–Kier alpha value is -1.65. The molecular formula is C8H11N3O2. The van der Waals surface area contributed by atoms with Crippen LogP contribution < -0.4 is 5.32 Å². The van der Waals surface area contributed by atoms with Crippen LogP contribution in [0, 0.1) is 0 Å². The van der Waals surface area contributed by atoms with Gasteiger partial charge in [0, 0.05) is 20.2 Å². The minimum Gasteiger partial charge on any atom is -0.349 e. The standard InChI is InChI=1S/C8H11N3O2/c1-6(12)9-4-8(13)7-3-10-11(2)5-7/h3,5H,4H2,1-2H3,(H,9,12). The van der Waals surface area contributed by atoms with Gasteiger partial charge in [0.2, 0.25) is 5.91 Å². The zero-order valence-corrected chi connectivity index (χ0v) is 7.57. The van der Waals surface area contributed by atoms with E-state index in [1.165, 1.54) is 13.1 Å². The molecule has 0 aliphatic carbocycles. The number of hydrogen-bond acceptors (Lipinski definition) is 3. The molecule has 0 aliphatic rings. The molecule has 0 atom stereocenters. The molecule has 0 spiro atoms. The highest BCUT2D eigenvalue weighted by Crippen LogP contribution is 1.96. The summed E-state index contributed by atoms with van der Waals surface area (Å²) in [7, 11) is 1.73. The van der Waals surface area contributed by atoms with Gasteiger partial charge in [0.1, 0.15) is 0 Å². The van der Waals surface area contributed by atoms with Crippen molar-refractivity contribution in [1.29, 1.82) is 0 Å². The molecule has 1 N–H and O–H groups in total. The van der Waals surface area contributed by atoms with Crippen LogP contribution in [0.2, 0.25) is 0 Å². The molecule has 5 heteroatoms. The fourth-order valence-corrected chi connectivity index (χ4v) is 0.872. The second-order valence-corrected chi connectivity index (χ2v) is 2.74. The Balaban J connectivity index is 2.54. The van der Waals surface area contributed by atoms with Gasteiger partial charge in [0.15, 0.2) is 5.78 Å². The Kier molecular flexibility index (Phi) is 2.79. The lowest BCUT2D eigenvalue weighted by atomic mass is 10.2. The minimum atomic E-state index is -0.211. The van der Waals surface area contributed by atoms with Crippen LogP contribution in [0.4, 0.5) is 0 Å². The second-order valence-electron chi connectivity index (χ2n) is 2.74. The first-order chi connectivity index (χ1) is 6.09. The highest BCUT2D eigenvalue weighted by Gasteiger charge is 2.07. The second kappa shape index (κ2) is 3.84. The van der Waals surface area contributed by atoms with Crippen molar-refractivity contribution >= 4 is 11.7 Å². The summed E-state index contributed by atoms with van der Waals surface area (Å²) >= 11 is 0. The van der Waals surface area contributed by atoms with Crippen molar-refractivity contribution < 1.29 is 9.59 Å². The molecule has 5 nitrogen and oxygen atoms in total. The fraction of sp³-hybridized carbons (Fsp3) is 0.375. The Morgan fingerprint density at radius 1 is 1.62 bits per heavy atom. The van der Waals surface area contributed by atoms with E-state index in [-0.39, 0.29) is 18.2 Å². The highest BCUT2D eigenvalue weighted by molar-refractivity contribution is 5.98. The van der Waals surface area contributed by atoms with Crippen LogP contribution in [0.1, 0.15) is 17.3 Å². The molecule has 0 aromatic carbocycles. The van der Waals surface area contributed by atoms with Crippen LogP contribution in [-0.4, -0.2) is 28.0 Å². The maximum absolute atomic E-state index is 11.3. The number of Topliss-reactive ketones (excluding diaryl/α,β-unsaturated/α-hetero) is 1. The van der Waals surface area contributed by atoms with E-state index < -0.39 is 0 Å². The predicted octanol–water partition coefficient (Wildman–Crippen LogP) is -0.261. The van der Waals surface area contributed by atoms with Crippen LogP contribution in [0.25, 0.3) is 0 Å². The van der Waals surface area contributed by atoms with Gasteiger partial charge in [-0.3, -0.25) is 14.3 Å². The van der Waals surface area contributed by atoms with Crippen LogP contribution in [0.3, 0.4) is 0 Å². The number of hydrogen-bond donors (Lipinski definition) is 1. The first-order valence-electron chi connectivity index (χ1n) is 3.86. The third kappa shape index (κ3) is 2.70. The van der Waals surface area contributed by atoms with E-state index in [1.54, 1.807) is 17.9 Å². The van der Waals surface area contributed by atoms with Gasteiger partial charge < -0.3 is 5.32 Å². The molecule has 1 aromatic heterocycles. The molecule has 0 aliphatic heterocycles. The largest absolute Gasteiger partial charge is 0.349 e. The van der Waals surface area contributed by atoms with Crippen molar-refractivity contribution in [2.45, 2.75) is 6.92 Å². The molecule has 0 saturated heterocycles. The number of nitrogens with one attached hydrogen (secondary N) is 1. The number of aromatic nitrogens is 2. The summed E-state index contributed by atoms with van der Waals surface area (Å²) in [6, 6.07) is 0. The minimum absolute atomic E-state index is 0.0288. The number of ketones is 1. The van der Waals surface area contributed by atoms with Gasteiger partial charge >= 0.3 is 0 Å². The Labute approximate surface area is 75.7 Å². The van der Waals surface area contributed by atoms with Crippen molar-refractivity contribution in [3.05, 3.63) is 18.0 Å². The number of nitrogens with zero attached hydrogens (tertiary/aromatic N) is 2. The molecule has 70 valence electrons. The van der Waals surface area contributed by atoms with Crippen LogP contribution in [0.5, 0.6) is 0 Å². The average Bonchev–Trinajstić information content (AvgIpc) is 2.47. The quantitative estimate of drug-likeness (QED) is 0.653. The van der Waals surface area contributed by atoms with Gasteiger partial charge in [-0.1, -0.05) is 0 Å². The van der Waals surface area contributed by atoms with E-state index in [2.05, 4.69) is 10.4 Å². The lowest BCUT2D eigenvalue weighted by Gasteiger charge is -1.97. The van der Waals surface area contributed by atoms with E-state index in [1.807, 2.05) is 0 Å². The molecule has 0 radical (unpaired) electrons.